The lowest BCUT2D eigenvalue weighted by Gasteiger charge is -2.26. The molecule has 1 aliphatic heterocycles. The highest BCUT2D eigenvalue weighted by Crippen LogP contribution is 2.24. The number of nitrogens with zero attached hydrogens (tertiary/aromatic N) is 4. The Morgan fingerprint density at radius 3 is 2.68 bits per heavy atom. The van der Waals surface area contributed by atoms with E-state index in [0.717, 1.165) is 61.9 Å². The van der Waals surface area contributed by atoms with Gasteiger partial charge in [0.25, 0.3) is 5.91 Å². The van der Waals surface area contributed by atoms with Crippen molar-refractivity contribution in [3.05, 3.63) is 59.4 Å². The molecule has 0 radical (unpaired) electrons. The van der Waals surface area contributed by atoms with Crippen LogP contribution in [0.3, 0.4) is 0 Å². The van der Waals surface area contributed by atoms with Crippen LogP contribution in [0.5, 0.6) is 0 Å². The van der Waals surface area contributed by atoms with Crippen molar-refractivity contribution in [2.45, 2.75) is 20.3 Å². The summed E-state index contributed by atoms with van der Waals surface area (Å²) in [4.78, 5) is 15.5. The second-order valence-corrected chi connectivity index (χ2v) is 8.18. The Bertz CT molecular complexity index is 1050. The summed E-state index contributed by atoms with van der Waals surface area (Å²) in [5.74, 6) is -0.102. The van der Waals surface area contributed by atoms with Gasteiger partial charge in [-0.3, -0.25) is 9.69 Å². The van der Waals surface area contributed by atoms with Crippen LogP contribution < -0.4 is 5.32 Å². The van der Waals surface area contributed by atoms with Crippen LogP contribution in [0.25, 0.3) is 17.1 Å². The van der Waals surface area contributed by atoms with E-state index in [0.29, 0.717) is 12.2 Å². The van der Waals surface area contributed by atoms with Gasteiger partial charge < -0.3 is 14.6 Å². The molecule has 1 amide bonds. The summed E-state index contributed by atoms with van der Waals surface area (Å²) in [5.41, 5.74) is 5.50. The molecule has 4 rings (SSSR count). The molecule has 1 aromatic carbocycles. The highest BCUT2D eigenvalue weighted by Gasteiger charge is 2.19. The van der Waals surface area contributed by atoms with Crippen LogP contribution in [-0.2, 0) is 11.8 Å². The first-order valence-corrected chi connectivity index (χ1v) is 10.9. The van der Waals surface area contributed by atoms with E-state index >= 15 is 0 Å². The molecule has 3 aromatic rings. The van der Waals surface area contributed by atoms with E-state index in [1.165, 1.54) is 5.56 Å². The molecule has 1 saturated heterocycles. The van der Waals surface area contributed by atoms with Crippen LogP contribution in [0, 0.1) is 13.8 Å². The summed E-state index contributed by atoms with van der Waals surface area (Å²) in [7, 11) is 1.98. The molecule has 31 heavy (non-hydrogen) atoms. The summed E-state index contributed by atoms with van der Waals surface area (Å²) in [6, 6.07) is 12.1. The quantitative estimate of drug-likeness (QED) is 0.596. The minimum absolute atomic E-state index is 0.102. The topological polar surface area (TPSA) is 64.3 Å². The maximum atomic E-state index is 13.1. The SMILES string of the molecule is Cc1ccc(-n2nc(-c3cccn3C)cc2C(=O)NCCCN2CCOCC2)c(C)c1. The molecule has 0 aliphatic carbocycles. The smallest absolute Gasteiger partial charge is 0.270 e. The van der Waals surface area contributed by atoms with Crippen molar-refractivity contribution in [2.75, 3.05) is 39.4 Å². The van der Waals surface area contributed by atoms with E-state index in [4.69, 9.17) is 9.84 Å². The van der Waals surface area contributed by atoms with Crippen LogP contribution in [0.1, 0.15) is 28.0 Å². The first-order chi connectivity index (χ1) is 15.0. The number of rotatable bonds is 7. The summed E-state index contributed by atoms with van der Waals surface area (Å²) in [6.07, 6.45) is 2.89. The molecule has 0 atom stereocenters. The lowest BCUT2D eigenvalue weighted by Crippen LogP contribution is -2.38. The minimum atomic E-state index is -0.102. The van der Waals surface area contributed by atoms with Crippen LogP contribution >= 0.6 is 0 Å². The predicted octanol–water partition coefficient (Wildman–Crippen LogP) is 2.95. The second-order valence-electron chi connectivity index (χ2n) is 8.18. The average Bonchev–Trinajstić information content (AvgIpc) is 3.38. The van der Waals surface area contributed by atoms with Crippen LogP contribution in [0.4, 0.5) is 0 Å². The summed E-state index contributed by atoms with van der Waals surface area (Å²) >= 11 is 0. The minimum Gasteiger partial charge on any atom is -0.379 e. The van der Waals surface area contributed by atoms with Crippen molar-refractivity contribution in [3.63, 3.8) is 0 Å². The van der Waals surface area contributed by atoms with Crippen LogP contribution in [0.15, 0.2) is 42.6 Å². The summed E-state index contributed by atoms with van der Waals surface area (Å²) < 4.78 is 9.18. The third kappa shape index (κ3) is 4.89. The molecule has 1 fully saturated rings. The summed E-state index contributed by atoms with van der Waals surface area (Å²) in [6.45, 7) is 9.24. The zero-order chi connectivity index (χ0) is 21.8. The van der Waals surface area contributed by atoms with Gasteiger partial charge in [0.05, 0.1) is 24.6 Å². The highest BCUT2D eigenvalue weighted by atomic mass is 16.5. The molecule has 1 N–H and O–H groups in total. The molecule has 0 bridgehead atoms. The standard InChI is InChI=1S/C24H31N5O2/c1-18-7-8-21(19(2)16-18)29-23(17-20(26-29)22-6-4-10-27(22)3)24(30)25-9-5-11-28-12-14-31-15-13-28/h4,6-8,10,16-17H,5,9,11-15H2,1-3H3,(H,25,30). The molecule has 7 heteroatoms. The lowest BCUT2D eigenvalue weighted by atomic mass is 10.1. The Morgan fingerprint density at radius 1 is 1.16 bits per heavy atom. The maximum Gasteiger partial charge on any atom is 0.270 e. The fourth-order valence-electron chi connectivity index (χ4n) is 4.04. The van der Waals surface area contributed by atoms with Gasteiger partial charge in [0, 0.05) is 32.9 Å². The fourth-order valence-corrected chi connectivity index (χ4v) is 4.04. The third-order valence-corrected chi connectivity index (χ3v) is 5.77. The van der Waals surface area contributed by atoms with Crippen molar-refractivity contribution >= 4 is 5.91 Å². The van der Waals surface area contributed by atoms with Gasteiger partial charge in [-0.05, 0) is 56.6 Å². The lowest BCUT2D eigenvalue weighted by molar-refractivity contribution is 0.0374. The molecule has 1 aliphatic rings. The number of carbonyl (C=O) groups is 1. The van der Waals surface area contributed by atoms with Gasteiger partial charge in [-0.1, -0.05) is 17.7 Å². The Balaban J connectivity index is 1.54. The fraction of sp³-hybridized carbons (Fsp3) is 0.417. The largest absolute Gasteiger partial charge is 0.379 e. The van der Waals surface area contributed by atoms with Gasteiger partial charge in [0.1, 0.15) is 11.4 Å². The molecule has 0 spiro atoms. The van der Waals surface area contributed by atoms with Gasteiger partial charge in [-0.2, -0.15) is 5.10 Å². The number of aromatic nitrogens is 3. The van der Waals surface area contributed by atoms with Crippen molar-refractivity contribution in [3.8, 4) is 17.1 Å². The monoisotopic (exact) mass is 421 g/mol. The number of amides is 1. The normalized spacial score (nSPS) is 14.7. The van der Waals surface area contributed by atoms with Crippen molar-refractivity contribution in [1.82, 2.24) is 24.6 Å². The van der Waals surface area contributed by atoms with Crippen LogP contribution in [0.2, 0.25) is 0 Å². The molecular formula is C24H31N5O2. The Morgan fingerprint density at radius 2 is 1.97 bits per heavy atom. The van der Waals surface area contributed by atoms with E-state index in [2.05, 4.69) is 36.2 Å². The highest BCUT2D eigenvalue weighted by molar-refractivity contribution is 5.94. The van der Waals surface area contributed by atoms with E-state index in [9.17, 15) is 4.79 Å². The number of carbonyl (C=O) groups excluding carboxylic acids is 1. The second kappa shape index (κ2) is 9.49. The Hall–Kier alpha value is -2.90. The van der Waals surface area contributed by atoms with E-state index < -0.39 is 0 Å². The number of ether oxygens (including phenoxy) is 1. The molecule has 164 valence electrons. The van der Waals surface area contributed by atoms with Gasteiger partial charge in [0.2, 0.25) is 0 Å². The van der Waals surface area contributed by atoms with E-state index in [1.54, 1.807) is 4.68 Å². The Kier molecular flexibility index (Phi) is 6.53. The summed E-state index contributed by atoms with van der Waals surface area (Å²) in [5, 5.41) is 7.90. The maximum absolute atomic E-state index is 13.1. The third-order valence-electron chi connectivity index (χ3n) is 5.77. The number of morpholine rings is 1. The number of hydrogen-bond donors (Lipinski definition) is 1. The molecule has 3 heterocycles. The van der Waals surface area contributed by atoms with Crippen molar-refractivity contribution < 1.29 is 9.53 Å². The molecule has 7 nitrogen and oxygen atoms in total. The number of nitrogens with one attached hydrogen (secondary N) is 1. The first kappa shape index (κ1) is 21.3. The van der Waals surface area contributed by atoms with Gasteiger partial charge in [-0.25, -0.2) is 4.68 Å². The average molecular weight is 422 g/mol. The van der Waals surface area contributed by atoms with E-state index in [1.807, 2.05) is 42.1 Å². The zero-order valence-electron chi connectivity index (χ0n) is 18.6. The number of hydrogen-bond acceptors (Lipinski definition) is 4. The van der Waals surface area contributed by atoms with Gasteiger partial charge in [0.15, 0.2) is 0 Å². The number of benzene rings is 1. The molecule has 2 aromatic heterocycles. The zero-order valence-corrected chi connectivity index (χ0v) is 18.6. The molecule has 0 saturated carbocycles. The van der Waals surface area contributed by atoms with Gasteiger partial charge in [-0.15, -0.1) is 0 Å². The molecular weight excluding hydrogens is 390 g/mol. The van der Waals surface area contributed by atoms with E-state index in [-0.39, 0.29) is 5.91 Å². The first-order valence-electron chi connectivity index (χ1n) is 10.9. The Labute approximate surface area is 183 Å². The van der Waals surface area contributed by atoms with Crippen LogP contribution in [-0.4, -0.2) is 64.5 Å². The predicted molar refractivity (Wildman–Crippen MR) is 122 cm³/mol. The molecule has 0 unspecified atom stereocenters. The van der Waals surface area contributed by atoms with Crippen molar-refractivity contribution in [1.29, 1.82) is 0 Å². The number of aryl methyl sites for hydroxylation is 3. The van der Waals surface area contributed by atoms with Crippen molar-refractivity contribution in [2.24, 2.45) is 7.05 Å². The van der Waals surface area contributed by atoms with Gasteiger partial charge >= 0.3 is 0 Å².